The van der Waals surface area contributed by atoms with E-state index in [1.54, 1.807) is 18.2 Å². The molecule has 21 heavy (non-hydrogen) atoms. The fourth-order valence-corrected chi connectivity index (χ4v) is 2.00. The van der Waals surface area contributed by atoms with Gasteiger partial charge in [-0.3, -0.25) is 14.4 Å². The maximum absolute atomic E-state index is 11.8. The zero-order valence-corrected chi connectivity index (χ0v) is 11.7. The third-order valence-electron chi connectivity index (χ3n) is 3.07. The van der Waals surface area contributed by atoms with Gasteiger partial charge in [-0.1, -0.05) is 0 Å². The van der Waals surface area contributed by atoms with Gasteiger partial charge in [0.25, 0.3) is 0 Å². The highest BCUT2D eigenvalue weighted by molar-refractivity contribution is 5.92. The van der Waals surface area contributed by atoms with Crippen molar-refractivity contribution in [2.45, 2.75) is 32.2 Å². The fourth-order valence-electron chi connectivity index (χ4n) is 2.00. The second kappa shape index (κ2) is 6.36. The van der Waals surface area contributed by atoms with Crippen LogP contribution in [0.25, 0.3) is 11.0 Å². The predicted molar refractivity (Wildman–Crippen MR) is 81.3 cm³/mol. The number of benzene rings is 1. The van der Waals surface area contributed by atoms with Crippen molar-refractivity contribution in [2.75, 3.05) is 5.32 Å². The van der Waals surface area contributed by atoms with E-state index in [9.17, 15) is 14.4 Å². The molecule has 0 aliphatic heterocycles. The van der Waals surface area contributed by atoms with Gasteiger partial charge in [0, 0.05) is 18.2 Å². The summed E-state index contributed by atoms with van der Waals surface area (Å²) in [5.41, 5.74) is 5.75. The highest BCUT2D eigenvalue weighted by Gasteiger charge is 2.05. The van der Waals surface area contributed by atoms with Crippen LogP contribution >= 0.6 is 0 Å². The molecule has 7 nitrogen and oxygen atoms in total. The molecule has 0 spiro atoms. The summed E-state index contributed by atoms with van der Waals surface area (Å²) >= 11 is 0. The van der Waals surface area contributed by atoms with Crippen molar-refractivity contribution in [2.24, 2.45) is 5.73 Å². The number of amides is 1. The standard InChI is InChI=1S/C14H18N4O3/c1-8(15)3-2-4-12(19)16-9-5-6-10-11(7-9)18-14(21)13(20)17-10/h5-8H,2-4,15H2,1H3,(H,16,19)(H,17,20)(H,18,21). The van der Waals surface area contributed by atoms with Crippen LogP contribution < -0.4 is 22.2 Å². The lowest BCUT2D eigenvalue weighted by molar-refractivity contribution is -0.116. The van der Waals surface area contributed by atoms with Crippen LogP contribution in [0.2, 0.25) is 0 Å². The fraction of sp³-hybridized carbons (Fsp3) is 0.357. The molecule has 0 bridgehead atoms. The molecule has 7 heteroatoms. The van der Waals surface area contributed by atoms with Crippen molar-refractivity contribution in [1.29, 1.82) is 0 Å². The number of nitrogens with one attached hydrogen (secondary N) is 3. The lowest BCUT2D eigenvalue weighted by Crippen LogP contribution is -2.28. The Morgan fingerprint density at radius 1 is 1.24 bits per heavy atom. The van der Waals surface area contributed by atoms with Crippen LogP contribution in [0.15, 0.2) is 27.8 Å². The maximum Gasteiger partial charge on any atom is 0.314 e. The highest BCUT2D eigenvalue weighted by atomic mass is 16.2. The number of carbonyl (C=O) groups is 1. The summed E-state index contributed by atoms with van der Waals surface area (Å²) in [7, 11) is 0. The molecule has 0 aliphatic carbocycles. The van der Waals surface area contributed by atoms with Crippen molar-refractivity contribution in [3.8, 4) is 0 Å². The van der Waals surface area contributed by atoms with E-state index in [1.807, 2.05) is 6.92 Å². The average Bonchev–Trinajstić information content (AvgIpc) is 2.40. The van der Waals surface area contributed by atoms with Crippen molar-refractivity contribution in [1.82, 2.24) is 9.97 Å². The van der Waals surface area contributed by atoms with Gasteiger partial charge in [0.1, 0.15) is 0 Å². The molecule has 2 aromatic rings. The number of anilines is 1. The number of hydrogen-bond acceptors (Lipinski definition) is 4. The normalized spacial score (nSPS) is 12.3. The van der Waals surface area contributed by atoms with E-state index in [2.05, 4.69) is 15.3 Å². The van der Waals surface area contributed by atoms with E-state index in [-0.39, 0.29) is 11.9 Å². The van der Waals surface area contributed by atoms with Gasteiger partial charge < -0.3 is 21.0 Å². The molecule has 0 aliphatic rings. The van der Waals surface area contributed by atoms with Crippen molar-refractivity contribution < 1.29 is 4.79 Å². The van der Waals surface area contributed by atoms with Crippen LogP contribution in [-0.4, -0.2) is 21.9 Å². The van der Waals surface area contributed by atoms with E-state index in [0.29, 0.717) is 23.1 Å². The molecule has 1 aromatic heterocycles. The Bertz CT molecular complexity index is 761. The van der Waals surface area contributed by atoms with Gasteiger partial charge in [0.15, 0.2) is 0 Å². The van der Waals surface area contributed by atoms with E-state index in [0.717, 1.165) is 12.8 Å². The largest absolute Gasteiger partial charge is 0.328 e. The number of fused-ring (bicyclic) bond motifs is 1. The first-order chi connectivity index (χ1) is 9.95. The van der Waals surface area contributed by atoms with Crippen LogP contribution in [0.5, 0.6) is 0 Å². The number of carbonyl (C=O) groups excluding carboxylic acids is 1. The Hall–Kier alpha value is -2.41. The number of rotatable bonds is 5. The van der Waals surface area contributed by atoms with Crippen molar-refractivity contribution in [3.63, 3.8) is 0 Å². The monoisotopic (exact) mass is 290 g/mol. The molecule has 0 radical (unpaired) electrons. The summed E-state index contributed by atoms with van der Waals surface area (Å²) in [6, 6.07) is 4.99. The van der Waals surface area contributed by atoms with E-state index < -0.39 is 11.1 Å². The molecule has 5 N–H and O–H groups in total. The van der Waals surface area contributed by atoms with Crippen LogP contribution in [0.3, 0.4) is 0 Å². The Morgan fingerprint density at radius 2 is 1.90 bits per heavy atom. The summed E-state index contributed by atoms with van der Waals surface area (Å²) in [6.45, 7) is 1.90. The molecule has 0 saturated heterocycles. The van der Waals surface area contributed by atoms with Crippen molar-refractivity contribution >= 4 is 22.6 Å². The third kappa shape index (κ3) is 4.03. The lowest BCUT2D eigenvalue weighted by atomic mass is 10.1. The van der Waals surface area contributed by atoms with Crippen LogP contribution in [0.4, 0.5) is 5.69 Å². The molecule has 2 rings (SSSR count). The minimum Gasteiger partial charge on any atom is -0.328 e. The molecule has 1 unspecified atom stereocenters. The zero-order valence-electron chi connectivity index (χ0n) is 11.7. The minimum atomic E-state index is -0.720. The number of nitrogens with two attached hydrogens (primary N) is 1. The van der Waals surface area contributed by atoms with Gasteiger partial charge in [0.05, 0.1) is 11.0 Å². The Morgan fingerprint density at radius 3 is 2.57 bits per heavy atom. The van der Waals surface area contributed by atoms with Crippen LogP contribution in [-0.2, 0) is 4.79 Å². The summed E-state index contributed by atoms with van der Waals surface area (Å²) in [5.74, 6) is -0.109. The number of hydrogen-bond donors (Lipinski definition) is 4. The molecular formula is C14H18N4O3. The number of aromatic nitrogens is 2. The second-order valence-corrected chi connectivity index (χ2v) is 5.09. The predicted octanol–water partition coefficient (Wildman–Crippen LogP) is 0.672. The molecule has 0 saturated carbocycles. The first-order valence-electron chi connectivity index (χ1n) is 6.77. The highest BCUT2D eigenvalue weighted by Crippen LogP contribution is 2.14. The Kier molecular flexibility index (Phi) is 4.54. The Labute approximate surface area is 120 Å². The quantitative estimate of drug-likeness (QED) is 0.605. The molecule has 0 fully saturated rings. The number of aromatic amines is 2. The molecular weight excluding hydrogens is 272 g/mol. The van der Waals surface area contributed by atoms with Gasteiger partial charge in [0.2, 0.25) is 5.91 Å². The topological polar surface area (TPSA) is 121 Å². The molecule has 1 aromatic carbocycles. The molecule has 1 atom stereocenters. The summed E-state index contributed by atoms with van der Waals surface area (Å²) in [6.07, 6.45) is 1.91. The first-order valence-corrected chi connectivity index (χ1v) is 6.77. The SMILES string of the molecule is CC(N)CCCC(=O)Nc1ccc2[nH]c(=O)c(=O)[nH]c2c1. The number of H-pyrrole nitrogens is 2. The minimum absolute atomic E-state index is 0.0837. The molecule has 112 valence electrons. The van der Waals surface area contributed by atoms with Gasteiger partial charge in [-0.05, 0) is 38.0 Å². The van der Waals surface area contributed by atoms with Crippen molar-refractivity contribution in [3.05, 3.63) is 38.9 Å². The summed E-state index contributed by atoms with van der Waals surface area (Å²) in [5, 5.41) is 2.75. The average molecular weight is 290 g/mol. The smallest absolute Gasteiger partial charge is 0.314 e. The van der Waals surface area contributed by atoms with Crippen LogP contribution in [0, 0.1) is 0 Å². The van der Waals surface area contributed by atoms with Crippen LogP contribution in [0.1, 0.15) is 26.2 Å². The van der Waals surface area contributed by atoms with E-state index in [4.69, 9.17) is 5.73 Å². The first kappa shape index (κ1) is 15.0. The summed E-state index contributed by atoms with van der Waals surface area (Å²) < 4.78 is 0. The Balaban J connectivity index is 2.09. The summed E-state index contributed by atoms with van der Waals surface area (Å²) in [4.78, 5) is 39.2. The molecule has 1 heterocycles. The van der Waals surface area contributed by atoms with E-state index in [1.165, 1.54) is 0 Å². The molecule has 1 amide bonds. The van der Waals surface area contributed by atoms with E-state index >= 15 is 0 Å². The van der Waals surface area contributed by atoms with Gasteiger partial charge >= 0.3 is 11.1 Å². The zero-order chi connectivity index (χ0) is 15.4. The van der Waals surface area contributed by atoms with Gasteiger partial charge in [-0.15, -0.1) is 0 Å². The third-order valence-corrected chi connectivity index (χ3v) is 3.07. The maximum atomic E-state index is 11.8. The second-order valence-electron chi connectivity index (χ2n) is 5.09. The van der Waals surface area contributed by atoms with Gasteiger partial charge in [-0.2, -0.15) is 0 Å². The lowest BCUT2D eigenvalue weighted by Gasteiger charge is -2.07. The van der Waals surface area contributed by atoms with Gasteiger partial charge in [-0.25, -0.2) is 0 Å².